The third-order valence-corrected chi connectivity index (χ3v) is 7.64. The fraction of sp³-hybridized carbons (Fsp3) is 0.238. The summed E-state index contributed by atoms with van der Waals surface area (Å²) in [4.78, 5) is 32.9. The Hall–Kier alpha value is -3.08. The minimum Gasteiger partial charge on any atom is -0.273 e. The molecule has 1 fully saturated rings. The van der Waals surface area contributed by atoms with E-state index in [0.29, 0.717) is 18.4 Å². The predicted molar refractivity (Wildman–Crippen MR) is 118 cm³/mol. The van der Waals surface area contributed by atoms with E-state index in [4.69, 9.17) is 11.6 Å². The first-order valence-electron chi connectivity index (χ1n) is 9.93. The summed E-state index contributed by atoms with van der Waals surface area (Å²) in [7, 11) is -3.79. The van der Waals surface area contributed by atoms with E-state index in [9.17, 15) is 18.0 Å². The molecule has 1 aromatic carbocycles. The monoisotopic (exact) mass is 473 g/mol. The van der Waals surface area contributed by atoms with Gasteiger partial charge < -0.3 is 0 Å². The van der Waals surface area contributed by atoms with Crippen molar-refractivity contribution < 1.29 is 18.0 Å². The fourth-order valence-corrected chi connectivity index (χ4v) is 5.44. The Balaban J connectivity index is 1.32. The number of pyridine rings is 2. The summed E-state index contributed by atoms with van der Waals surface area (Å²) >= 11 is 5.93. The van der Waals surface area contributed by atoms with Crippen molar-refractivity contribution in [2.24, 2.45) is 5.92 Å². The molecule has 1 aliphatic rings. The number of piperidine rings is 1. The summed E-state index contributed by atoms with van der Waals surface area (Å²) in [6.45, 7) is 0.317. The molecule has 2 aromatic heterocycles. The van der Waals surface area contributed by atoms with Crippen molar-refractivity contribution in [1.82, 2.24) is 25.1 Å². The Morgan fingerprint density at radius 1 is 1.00 bits per heavy atom. The van der Waals surface area contributed by atoms with E-state index in [0.717, 1.165) is 5.39 Å². The topological polar surface area (TPSA) is 121 Å². The van der Waals surface area contributed by atoms with E-state index in [-0.39, 0.29) is 34.7 Å². The number of carbonyl (C=O) groups is 2. The molecule has 0 aliphatic carbocycles. The van der Waals surface area contributed by atoms with Crippen LogP contribution < -0.4 is 10.9 Å². The second kappa shape index (κ2) is 9.19. The van der Waals surface area contributed by atoms with Crippen LogP contribution in [0.2, 0.25) is 5.15 Å². The van der Waals surface area contributed by atoms with Crippen molar-refractivity contribution in [3.05, 3.63) is 65.6 Å². The number of sulfonamides is 1. The zero-order valence-corrected chi connectivity index (χ0v) is 18.4. The van der Waals surface area contributed by atoms with Gasteiger partial charge in [-0.05, 0) is 37.1 Å². The molecule has 1 aliphatic heterocycles. The Kier molecular flexibility index (Phi) is 6.35. The second-order valence-corrected chi connectivity index (χ2v) is 9.57. The predicted octanol–water partition coefficient (Wildman–Crippen LogP) is 2.15. The maximum absolute atomic E-state index is 12.8. The molecular weight excluding hydrogens is 454 g/mol. The highest BCUT2D eigenvalue weighted by Gasteiger charge is 2.33. The van der Waals surface area contributed by atoms with Gasteiger partial charge in [0, 0.05) is 30.6 Å². The summed E-state index contributed by atoms with van der Waals surface area (Å²) in [6.07, 6.45) is 2.04. The van der Waals surface area contributed by atoms with Crippen LogP contribution in [0.4, 0.5) is 0 Å². The van der Waals surface area contributed by atoms with Gasteiger partial charge in [0.15, 0.2) is 0 Å². The van der Waals surface area contributed by atoms with Crippen LogP contribution in [-0.2, 0) is 14.8 Å². The van der Waals surface area contributed by atoms with E-state index < -0.39 is 21.8 Å². The van der Waals surface area contributed by atoms with Crippen LogP contribution in [0.15, 0.2) is 59.6 Å². The molecule has 1 saturated heterocycles. The van der Waals surface area contributed by atoms with Crippen LogP contribution in [0.1, 0.15) is 23.3 Å². The number of nitrogens with one attached hydrogen (secondary N) is 2. The van der Waals surface area contributed by atoms with E-state index in [2.05, 4.69) is 20.8 Å². The number of amides is 2. The first-order chi connectivity index (χ1) is 15.4. The number of benzene rings is 1. The molecule has 0 unspecified atom stereocenters. The maximum Gasteiger partial charge on any atom is 0.288 e. The van der Waals surface area contributed by atoms with Gasteiger partial charge in [0.05, 0.1) is 5.52 Å². The van der Waals surface area contributed by atoms with E-state index in [1.807, 2.05) is 18.2 Å². The molecule has 0 atom stereocenters. The zero-order chi connectivity index (χ0) is 22.7. The lowest BCUT2D eigenvalue weighted by molar-refractivity contribution is -0.126. The van der Waals surface area contributed by atoms with Gasteiger partial charge in [-0.1, -0.05) is 35.9 Å². The minimum atomic E-state index is -3.79. The van der Waals surface area contributed by atoms with Crippen molar-refractivity contribution in [2.45, 2.75) is 17.7 Å². The molecule has 0 radical (unpaired) electrons. The molecule has 166 valence electrons. The molecule has 4 rings (SSSR count). The Bertz CT molecular complexity index is 1280. The Labute approximate surface area is 189 Å². The summed E-state index contributed by atoms with van der Waals surface area (Å²) in [5, 5.41) is 0.819. The maximum atomic E-state index is 12.8. The molecule has 9 nitrogen and oxygen atoms in total. The SMILES string of the molecule is O=C(NNC(=O)C1CCN(S(=O)(=O)c2cccnc2Cl)CC1)c1ccc2ccccc2n1. The highest BCUT2D eigenvalue weighted by molar-refractivity contribution is 7.89. The van der Waals surface area contributed by atoms with Gasteiger partial charge in [-0.25, -0.2) is 18.4 Å². The number of halogens is 1. The van der Waals surface area contributed by atoms with Gasteiger partial charge in [-0.15, -0.1) is 0 Å². The molecule has 3 aromatic rings. The number of hydrazine groups is 1. The van der Waals surface area contributed by atoms with Crippen molar-refractivity contribution in [2.75, 3.05) is 13.1 Å². The van der Waals surface area contributed by atoms with Crippen LogP contribution in [0.3, 0.4) is 0 Å². The number of rotatable bonds is 4. The third-order valence-electron chi connectivity index (χ3n) is 5.30. The molecule has 0 spiro atoms. The number of aromatic nitrogens is 2. The van der Waals surface area contributed by atoms with Crippen LogP contribution in [0, 0.1) is 5.92 Å². The molecule has 2 N–H and O–H groups in total. The number of hydrogen-bond acceptors (Lipinski definition) is 6. The van der Waals surface area contributed by atoms with Gasteiger partial charge in [0.25, 0.3) is 5.91 Å². The lowest BCUT2D eigenvalue weighted by Crippen LogP contribution is -2.48. The summed E-state index contributed by atoms with van der Waals surface area (Å²) in [6, 6.07) is 13.7. The van der Waals surface area contributed by atoms with Crippen molar-refractivity contribution in [1.29, 1.82) is 0 Å². The highest BCUT2D eigenvalue weighted by Crippen LogP contribution is 2.27. The van der Waals surface area contributed by atoms with E-state index in [1.54, 1.807) is 18.2 Å². The van der Waals surface area contributed by atoms with Crippen LogP contribution >= 0.6 is 11.6 Å². The lowest BCUT2D eigenvalue weighted by atomic mass is 9.98. The average molecular weight is 474 g/mol. The van der Waals surface area contributed by atoms with Gasteiger partial charge in [0.2, 0.25) is 15.9 Å². The van der Waals surface area contributed by atoms with E-state index >= 15 is 0 Å². The van der Waals surface area contributed by atoms with Gasteiger partial charge >= 0.3 is 0 Å². The quantitative estimate of drug-likeness (QED) is 0.442. The number of para-hydroxylation sites is 1. The van der Waals surface area contributed by atoms with Gasteiger partial charge in [-0.3, -0.25) is 20.4 Å². The fourth-order valence-electron chi connectivity index (χ4n) is 3.54. The van der Waals surface area contributed by atoms with Crippen LogP contribution in [-0.4, -0.2) is 47.6 Å². The first kappa shape index (κ1) is 22.1. The highest BCUT2D eigenvalue weighted by atomic mass is 35.5. The summed E-state index contributed by atoms with van der Waals surface area (Å²) < 4.78 is 26.9. The largest absolute Gasteiger partial charge is 0.288 e. The number of fused-ring (bicyclic) bond motifs is 1. The average Bonchev–Trinajstić information content (AvgIpc) is 2.82. The number of hydrogen-bond donors (Lipinski definition) is 2. The molecule has 32 heavy (non-hydrogen) atoms. The standard InChI is InChI=1S/C21H20ClN5O4S/c22-19-18(6-3-11-23-19)32(30,31)27-12-9-15(10-13-27)20(28)25-26-21(29)17-8-7-14-4-1-2-5-16(14)24-17/h1-8,11,15H,9-10,12-13H2,(H,25,28)(H,26,29). The zero-order valence-electron chi connectivity index (χ0n) is 16.9. The molecule has 11 heteroatoms. The Morgan fingerprint density at radius 2 is 1.75 bits per heavy atom. The van der Waals surface area contributed by atoms with Crippen molar-refractivity contribution in [3.8, 4) is 0 Å². The van der Waals surface area contributed by atoms with Crippen LogP contribution in [0.5, 0.6) is 0 Å². The van der Waals surface area contributed by atoms with Gasteiger partial charge in [-0.2, -0.15) is 4.31 Å². The molecule has 3 heterocycles. The Morgan fingerprint density at radius 3 is 2.50 bits per heavy atom. The normalized spacial score (nSPS) is 15.4. The second-order valence-electron chi connectivity index (χ2n) is 7.30. The molecule has 0 bridgehead atoms. The molecule has 2 amide bonds. The smallest absolute Gasteiger partial charge is 0.273 e. The van der Waals surface area contributed by atoms with Crippen molar-refractivity contribution in [3.63, 3.8) is 0 Å². The molecular formula is C21H20ClN5O4S. The summed E-state index contributed by atoms with van der Waals surface area (Å²) in [5.74, 6) is -1.35. The molecule has 0 saturated carbocycles. The van der Waals surface area contributed by atoms with Gasteiger partial charge in [0.1, 0.15) is 15.7 Å². The lowest BCUT2D eigenvalue weighted by Gasteiger charge is -2.30. The van der Waals surface area contributed by atoms with Crippen molar-refractivity contribution >= 4 is 44.3 Å². The number of nitrogens with zero attached hydrogens (tertiary/aromatic N) is 3. The first-order valence-corrected chi connectivity index (χ1v) is 11.7. The van der Waals surface area contributed by atoms with Crippen LogP contribution in [0.25, 0.3) is 10.9 Å². The minimum absolute atomic E-state index is 0.0558. The number of carbonyl (C=O) groups excluding carboxylic acids is 2. The third kappa shape index (κ3) is 4.57. The summed E-state index contributed by atoms with van der Waals surface area (Å²) in [5.41, 5.74) is 5.65. The van der Waals surface area contributed by atoms with E-state index in [1.165, 1.54) is 22.6 Å².